The summed E-state index contributed by atoms with van der Waals surface area (Å²) >= 11 is 0. The lowest BCUT2D eigenvalue weighted by atomic mass is 10.1. The van der Waals surface area contributed by atoms with Crippen LogP contribution in [0.3, 0.4) is 0 Å². The number of carbonyl (C=O) groups excluding carboxylic acids is 3. The van der Waals surface area contributed by atoms with Gasteiger partial charge in [0, 0.05) is 41.3 Å². The molecule has 2 heterocycles. The van der Waals surface area contributed by atoms with Crippen molar-refractivity contribution in [3.63, 3.8) is 0 Å². The highest BCUT2D eigenvalue weighted by Gasteiger charge is 2.35. The molecule has 33 heavy (non-hydrogen) atoms. The smallest absolute Gasteiger partial charge is 0.270 e. The summed E-state index contributed by atoms with van der Waals surface area (Å²) in [6, 6.07) is 16.6. The Morgan fingerprint density at radius 2 is 1.67 bits per heavy atom. The fraction of sp³-hybridized carbons (Fsp3) is 0.269. The Balaban J connectivity index is 1.44. The summed E-state index contributed by atoms with van der Waals surface area (Å²) in [5.41, 5.74) is 8.58. The standard InChI is InChI=1S/C26H28N4O3/c1-16-8-9-17(2)23(12-16)29-15-21(14-24(29)31)25(32)27-22-7-5-6-20(13-22)26(33)28-30-18(3)10-11-19(30)4/h5-13,21H,14-15H2,1-4H3,(H,27,32)(H,28,33)/t21-/m0/s1. The lowest BCUT2D eigenvalue weighted by Crippen LogP contribution is -2.28. The summed E-state index contributed by atoms with van der Waals surface area (Å²) in [7, 11) is 0. The van der Waals surface area contributed by atoms with E-state index in [9.17, 15) is 14.4 Å². The van der Waals surface area contributed by atoms with Gasteiger partial charge in [-0.15, -0.1) is 0 Å². The molecule has 1 aromatic heterocycles. The van der Waals surface area contributed by atoms with E-state index in [-0.39, 0.29) is 24.1 Å². The third-order valence-electron chi connectivity index (χ3n) is 6.03. The molecule has 1 saturated heterocycles. The summed E-state index contributed by atoms with van der Waals surface area (Å²) in [5.74, 6) is -1.02. The van der Waals surface area contributed by atoms with E-state index in [0.717, 1.165) is 28.2 Å². The second-order valence-electron chi connectivity index (χ2n) is 8.66. The van der Waals surface area contributed by atoms with Crippen molar-refractivity contribution in [2.45, 2.75) is 34.1 Å². The van der Waals surface area contributed by atoms with Gasteiger partial charge < -0.3 is 10.2 Å². The summed E-state index contributed by atoms with van der Waals surface area (Å²) in [6.45, 7) is 8.10. The minimum atomic E-state index is -0.458. The molecule has 1 aliphatic heterocycles. The quantitative estimate of drug-likeness (QED) is 0.622. The highest BCUT2D eigenvalue weighted by Crippen LogP contribution is 2.29. The molecule has 1 atom stereocenters. The van der Waals surface area contributed by atoms with Crippen molar-refractivity contribution in [2.75, 3.05) is 22.2 Å². The molecule has 7 heteroatoms. The van der Waals surface area contributed by atoms with Crippen molar-refractivity contribution in [2.24, 2.45) is 5.92 Å². The van der Waals surface area contributed by atoms with E-state index in [2.05, 4.69) is 10.7 Å². The summed E-state index contributed by atoms with van der Waals surface area (Å²) in [5, 5.41) is 2.87. The Bertz CT molecular complexity index is 1220. The number of rotatable bonds is 5. The van der Waals surface area contributed by atoms with Crippen LogP contribution >= 0.6 is 0 Å². The molecular weight excluding hydrogens is 416 g/mol. The number of hydrogen-bond acceptors (Lipinski definition) is 3. The Morgan fingerprint density at radius 3 is 2.39 bits per heavy atom. The molecule has 0 radical (unpaired) electrons. The van der Waals surface area contributed by atoms with Crippen LogP contribution in [0.5, 0.6) is 0 Å². The second-order valence-corrected chi connectivity index (χ2v) is 8.66. The van der Waals surface area contributed by atoms with Crippen LogP contribution in [0.2, 0.25) is 0 Å². The van der Waals surface area contributed by atoms with E-state index >= 15 is 0 Å². The van der Waals surface area contributed by atoms with Gasteiger partial charge >= 0.3 is 0 Å². The van der Waals surface area contributed by atoms with Crippen LogP contribution in [-0.4, -0.2) is 28.9 Å². The van der Waals surface area contributed by atoms with Gasteiger partial charge in [0.25, 0.3) is 5.91 Å². The van der Waals surface area contributed by atoms with Crippen LogP contribution < -0.4 is 15.6 Å². The molecule has 2 aromatic carbocycles. The van der Waals surface area contributed by atoms with Gasteiger partial charge in [0.1, 0.15) is 0 Å². The minimum Gasteiger partial charge on any atom is -0.326 e. The molecule has 2 N–H and O–H groups in total. The van der Waals surface area contributed by atoms with Crippen LogP contribution in [0.25, 0.3) is 0 Å². The molecule has 0 bridgehead atoms. The normalized spacial score (nSPS) is 15.6. The first kappa shape index (κ1) is 22.3. The van der Waals surface area contributed by atoms with Gasteiger partial charge in [0.15, 0.2) is 0 Å². The van der Waals surface area contributed by atoms with Gasteiger partial charge in [0.05, 0.1) is 5.92 Å². The Hall–Kier alpha value is -3.87. The van der Waals surface area contributed by atoms with Crippen LogP contribution in [0.1, 0.15) is 39.3 Å². The Kier molecular flexibility index (Phi) is 6.05. The topological polar surface area (TPSA) is 83.4 Å². The van der Waals surface area contributed by atoms with E-state index in [0.29, 0.717) is 17.8 Å². The predicted octanol–water partition coefficient (Wildman–Crippen LogP) is 4.10. The van der Waals surface area contributed by atoms with E-state index in [1.54, 1.807) is 33.8 Å². The van der Waals surface area contributed by atoms with E-state index in [1.165, 1.54) is 0 Å². The predicted molar refractivity (Wildman–Crippen MR) is 129 cm³/mol. The first-order valence-electron chi connectivity index (χ1n) is 11.0. The fourth-order valence-electron chi connectivity index (χ4n) is 4.12. The number of aryl methyl sites for hydroxylation is 4. The second kappa shape index (κ2) is 8.94. The van der Waals surface area contributed by atoms with Crippen LogP contribution in [0.15, 0.2) is 54.6 Å². The van der Waals surface area contributed by atoms with Gasteiger partial charge in [-0.2, -0.15) is 0 Å². The van der Waals surface area contributed by atoms with E-state index in [4.69, 9.17) is 0 Å². The highest BCUT2D eigenvalue weighted by atomic mass is 16.2. The number of carbonyl (C=O) groups is 3. The lowest BCUT2D eigenvalue weighted by molar-refractivity contribution is -0.122. The molecule has 7 nitrogen and oxygen atoms in total. The van der Waals surface area contributed by atoms with Crippen molar-refractivity contribution >= 4 is 29.1 Å². The summed E-state index contributed by atoms with van der Waals surface area (Å²) in [4.78, 5) is 40.0. The molecule has 4 rings (SSSR count). The molecule has 0 saturated carbocycles. The monoisotopic (exact) mass is 444 g/mol. The number of benzene rings is 2. The van der Waals surface area contributed by atoms with Gasteiger partial charge in [-0.25, -0.2) is 0 Å². The molecule has 1 aliphatic rings. The molecule has 3 amide bonds. The average molecular weight is 445 g/mol. The van der Waals surface area contributed by atoms with Crippen molar-refractivity contribution in [1.29, 1.82) is 0 Å². The number of anilines is 2. The van der Waals surface area contributed by atoms with Crippen molar-refractivity contribution in [1.82, 2.24) is 4.68 Å². The van der Waals surface area contributed by atoms with Gasteiger partial charge in [0.2, 0.25) is 11.8 Å². The minimum absolute atomic E-state index is 0.0607. The van der Waals surface area contributed by atoms with Crippen molar-refractivity contribution in [3.05, 3.63) is 82.7 Å². The number of hydrogen-bond donors (Lipinski definition) is 2. The zero-order chi connectivity index (χ0) is 23.7. The highest BCUT2D eigenvalue weighted by molar-refractivity contribution is 6.05. The molecule has 3 aromatic rings. The largest absolute Gasteiger partial charge is 0.326 e. The maximum atomic E-state index is 12.9. The number of aromatic nitrogens is 1. The third kappa shape index (κ3) is 4.67. The van der Waals surface area contributed by atoms with Crippen molar-refractivity contribution < 1.29 is 14.4 Å². The zero-order valence-corrected chi connectivity index (χ0v) is 19.3. The maximum absolute atomic E-state index is 12.9. The number of nitrogens with zero attached hydrogens (tertiary/aromatic N) is 2. The maximum Gasteiger partial charge on any atom is 0.270 e. The SMILES string of the molecule is Cc1ccc(C)c(N2C[C@@H](C(=O)Nc3cccc(C(=O)Nn4c(C)ccc4C)c3)CC2=O)c1. The van der Waals surface area contributed by atoms with E-state index < -0.39 is 5.92 Å². The van der Waals surface area contributed by atoms with Crippen LogP contribution in [0, 0.1) is 33.6 Å². The molecule has 0 unspecified atom stereocenters. The first-order chi connectivity index (χ1) is 15.7. The molecule has 1 fully saturated rings. The molecular formula is C26H28N4O3. The molecule has 170 valence electrons. The lowest BCUT2D eigenvalue weighted by Gasteiger charge is -2.19. The van der Waals surface area contributed by atoms with Gasteiger partial charge in [-0.1, -0.05) is 18.2 Å². The number of amides is 3. The van der Waals surface area contributed by atoms with Gasteiger partial charge in [-0.05, 0) is 75.2 Å². The van der Waals surface area contributed by atoms with E-state index in [1.807, 2.05) is 58.0 Å². The van der Waals surface area contributed by atoms with Crippen molar-refractivity contribution in [3.8, 4) is 0 Å². The van der Waals surface area contributed by atoms with Crippen LogP contribution in [0.4, 0.5) is 11.4 Å². The average Bonchev–Trinajstić information content (AvgIpc) is 3.32. The first-order valence-corrected chi connectivity index (χ1v) is 11.0. The molecule has 0 spiro atoms. The third-order valence-corrected chi connectivity index (χ3v) is 6.03. The van der Waals surface area contributed by atoms with Crippen LogP contribution in [-0.2, 0) is 9.59 Å². The summed E-state index contributed by atoms with van der Waals surface area (Å²) < 4.78 is 1.72. The Labute approximate surface area is 193 Å². The van der Waals surface area contributed by atoms with Gasteiger partial charge in [-0.3, -0.25) is 24.5 Å². The number of nitrogens with one attached hydrogen (secondary N) is 2. The summed E-state index contributed by atoms with van der Waals surface area (Å²) in [6.07, 6.45) is 0.158. The Morgan fingerprint density at radius 1 is 0.939 bits per heavy atom. The zero-order valence-electron chi connectivity index (χ0n) is 19.3. The fourth-order valence-corrected chi connectivity index (χ4v) is 4.12. The molecule has 0 aliphatic carbocycles.